The van der Waals surface area contributed by atoms with Gasteiger partial charge in [0, 0.05) is 41.2 Å². The van der Waals surface area contributed by atoms with E-state index in [0.717, 1.165) is 6.26 Å². The van der Waals surface area contributed by atoms with Crippen molar-refractivity contribution in [1.82, 2.24) is 20.3 Å². The molecule has 3 aliphatic heterocycles. The lowest BCUT2D eigenvalue weighted by Crippen LogP contribution is -2.66. The van der Waals surface area contributed by atoms with Crippen LogP contribution < -0.4 is 15.4 Å². The smallest absolute Gasteiger partial charge is 0.353 e. The monoisotopic (exact) mass is 496 g/mol. The summed E-state index contributed by atoms with van der Waals surface area (Å²) in [4.78, 5) is 37.7. The molecular formula is C18H26F2N4O6S2. The number of fused-ring (bicyclic) bond motifs is 1. The van der Waals surface area contributed by atoms with Gasteiger partial charge in [0.15, 0.2) is 0 Å². The van der Waals surface area contributed by atoms with E-state index in [-0.39, 0.29) is 29.5 Å². The van der Waals surface area contributed by atoms with Gasteiger partial charge < -0.3 is 20.6 Å². The predicted octanol–water partition coefficient (Wildman–Crippen LogP) is -0.458. The van der Waals surface area contributed by atoms with Gasteiger partial charge >= 0.3 is 12.4 Å². The highest BCUT2D eigenvalue weighted by Gasteiger charge is 2.60. The molecule has 32 heavy (non-hydrogen) atoms. The molecule has 3 aliphatic rings. The Kier molecular flexibility index (Phi) is 7.17. The van der Waals surface area contributed by atoms with E-state index in [4.69, 9.17) is 0 Å². The van der Waals surface area contributed by atoms with Crippen LogP contribution in [-0.4, -0.2) is 85.4 Å². The van der Waals surface area contributed by atoms with E-state index < -0.39 is 52.2 Å². The fraction of sp³-hybridized carbons (Fsp3) is 0.722. The minimum Gasteiger partial charge on any atom is -0.477 e. The molecule has 2 fully saturated rings. The van der Waals surface area contributed by atoms with Gasteiger partial charge in [-0.25, -0.2) is 17.9 Å². The molecule has 0 bridgehead atoms. The molecule has 0 aromatic rings. The van der Waals surface area contributed by atoms with Crippen LogP contribution >= 0.6 is 11.8 Å². The van der Waals surface area contributed by atoms with Crippen LogP contribution in [0, 0.1) is 11.8 Å². The van der Waals surface area contributed by atoms with Gasteiger partial charge in [-0.2, -0.15) is 8.78 Å². The Morgan fingerprint density at radius 2 is 2.03 bits per heavy atom. The number of halogens is 2. The molecule has 0 radical (unpaired) electrons. The van der Waals surface area contributed by atoms with Gasteiger partial charge in [0.1, 0.15) is 5.70 Å². The molecule has 0 aromatic heterocycles. The Hall–Kier alpha value is -1.77. The van der Waals surface area contributed by atoms with Gasteiger partial charge in [0.05, 0.1) is 18.2 Å². The number of nitrogens with one attached hydrogen (secondary N) is 3. The molecule has 2 saturated heterocycles. The zero-order valence-electron chi connectivity index (χ0n) is 17.7. The summed E-state index contributed by atoms with van der Waals surface area (Å²) in [6, 6.07) is -1.52. The third-order valence-electron chi connectivity index (χ3n) is 5.97. The summed E-state index contributed by atoms with van der Waals surface area (Å²) in [6.07, 6.45) is -1.54. The Labute approximate surface area is 188 Å². The average Bonchev–Trinajstić information content (AvgIpc) is 3.21. The minimum atomic E-state index is -3.33. The Morgan fingerprint density at radius 3 is 2.59 bits per heavy atom. The number of carboxylic acid groups (broad SMARTS) is 1. The molecule has 0 aromatic carbocycles. The van der Waals surface area contributed by atoms with Crippen molar-refractivity contribution in [2.75, 3.05) is 19.3 Å². The van der Waals surface area contributed by atoms with Gasteiger partial charge in [-0.1, -0.05) is 6.92 Å². The zero-order valence-corrected chi connectivity index (χ0v) is 19.3. The number of sulfonamides is 1. The quantitative estimate of drug-likeness (QED) is 0.314. The number of carbonyl (C=O) groups excluding carboxylic acids is 2. The molecule has 180 valence electrons. The van der Waals surface area contributed by atoms with E-state index >= 15 is 0 Å². The number of carbonyl (C=O) groups is 3. The Morgan fingerprint density at radius 1 is 1.38 bits per heavy atom. The normalized spacial score (nSPS) is 31.0. The van der Waals surface area contributed by atoms with Gasteiger partial charge in [-0.15, -0.1) is 11.8 Å². The second-order valence-corrected chi connectivity index (χ2v) is 11.5. The van der Waals surface area contributed by atoms with Crippen molar-refractivity contribution in [2.45, 2.75) is 50.1 Å². The van der Waals surface area contributed by atoms with Crippen LogP contribution in [0.25, 0.3) is 0 Å². The lowest BCUT2D eigenvalue weighted by Gasteiger charge is -2.47. The molecule has 14 heteroatoms. The molecule has 0 spiro atoms. The summed E-state index contributed by atoms with van der Waals surface area (Å²) in [5.74, 6) is -4.39. The van der Waals surface area contributed by atoms with E-state index in [2.05, 4.69) is 15.4 Å². The molecule has 0 aliphatic carbocycles. The number of amides is 2. The molecular weight excluding hydrogens is 470 g/mol. The summed E-state index contributed by atoms with van der Waals surface area (Å²) in [7, 11) is -3.33. The number of aliphatic carboxylic acids is 1. The number of rotatable bonds is 9. The summed E-state index contributed by atoms with van der Waals surface area (Å²) >= 11 is 1.34. The largest absolute Gasteiger partial charge is 0.477 e. The third kappa shape index (κ3) is 4.92. The number of carboxylic acids is 1. The van der Waals surface area contributed by atoms with Crippen molar-refractivity contribution < 1.29 is 36.7 Å². The summed E-state index contributed by atoms with van der Waals surface area (Å²) in [6.45, 7) is 3.99. The second-order valence-electron chi connectivity index (χ2n) is 8.33. The van der Waals surface area contributed by atoms with Crippen molar-refractivity contribution in [3.8, 4) is 0 Å². The van der Waals surface area contributed by atoms with Crippen molar-refractivity contribution in [1.29, 1.82) is 0 Å². The maximum Gasteiger partial charge on any atom is 0.353 e. The molecule has 4 N–H and O–H groups in total. The molecule has 6 atom stereocenters. The summed E-state index contributed by atoms with van der Waals surface area (Å²) in [5.41, 5.74) is -0.112. The van der Waals surface area contributed by atoms with Crippen LogP contribution in [0.5, 0.6) is 0 Å². The highest BCUT2D eigenvalue weighted by molar-refractivity contribution is 8.03. The lowest BCUT2D eigenvalue weighted by atomic mass is 9.78. The maximum atomic E-state index is 12.7. The highest BCUT2D eigenvalue weighted by atomic mass is 32.2. The van der Waals surface area contributed by atoms with E-state index in [0.29, 0.717) is 17.9 Å². The van der Waals surface area contributed by atoms with E-state index in [1.54, 1.807) is 6.92 Å². The molecule has 10 nitrogen and oxygen atoms in total. The van der Waals surface area contributed by atoms with E-state index in [9.17, 15) is 36.7 Å². The lowest BCUT2D eigenvalue weighted by molar-refractivity contribution is -0.159. The average molecular weight is 497 g/mol. The minimum absolute atomic E-state index is 0.0311. The van der Waals surface area contributed by atoms with Crippen LogP contribution in [0.15, 0.2) is 10.6 Å². The first-order valence-corrected chi connectivity index (χ1v) is 12.8. The topological polar surface area (TPSA) is 145 Å². The highest BCUT2D eigenvalue weighted by Crippen LogP contribution is 2.51. The third-order valence-corrected chi connectivity index (χ3v) is 8.17. The number of nitrogens with zero attached hydrogens (tertiary/aromatic N) is 1. The van der Waals surface area contributed by atoms with Gasteiger partial charge in [-0.3, -0.25) is 9.59 Å². The van der Waals surface area contributed by atoms with Crippen molar-refractivity contribution in [3.63, 3.8) is 0 Å². The van der Waals surface area contributed by atoms with Crippen LogP contribution in [0.2, 0.25) is 0 Å². The Bertz CT molecular complexity index is 944. The predicted molar refractivity (Wildman–Crippen MR) is 112 cm³/mol. The van der Waals surface area contributed by atoms with E-state index in [1.807, 2.05) is 0 Å². The van der Waals surface area contributed by atoms with Gasteiger partial charge in [-0.05, 0) is 13.3 Å². The molecule has 3 rings (SSSR count). The van der Waals surface area contributed by atoms with Gasteiger partial charge in [0.25, 0.3) is 5.91 Å². The first-order chi connectivity index (χ1) is 14.8. The fourth-order valence-corrected chi connectivity index (χ4v) is 6.56. The first kappa shape index (κ1) is 24.9. The standard InChI is InChI=1S/C18H26F2N4O6S2/c1-7-12-11(8(2)23-16(25)15(19)20)17(26)24(12)13(18(27)28)14(7)31-10-4-9(21-6-10)5-22-32(3,29)30/h7-12,15,21-22H,4-6H2,1-3H3,(H,23,25)(H,27,28)/t7-,8-,9+,10+,11-,12-/m1/s1. The molecule has 2 amide bonds. The number of hydrogen-bond acceptors (Lipinski definition) is 7. The van der Waals surface area contributed by atoms with E-state index in [1.165, 1.54) is 23.6 Å². The van der Waals surface area contributed by atoms with Crippen molar-refractivity contribution >= 4 is 39.6 Å². The number of thioether (sulfide) groups is 1. The first-order valence-electron chi connectivity index (χ1n) is 10.1. The number of β-lactam (4-membered cyclic amide) rings is 1. The van der Waals surface area contributed by atoms with Crippen LogP contribution in [0.4, 0.5) is 8.78 Å². The van der Waals surface area contributed by atoms with Crippen LogP contribution in [0.1, 0.15) is 20.3 Å². The Balaban J connectivity index is 1.70. The fourth-order valence-electron chi connectivity index (χ4n) is 4.53. The maximum absolute atomic E-state index is 12.7. The van der Waals surface area contributed by atoms with Crippen LogP contribution in [-0.2, 0) is 24.4 Å². The van der Waals surface area contributed by atoms with Crippen molar-refractivity contribution in [3.05, 3.63) is 10.6 Å². The SMILES string of the molecule is C[C@@H](NC(=O)C(F)F)[C@H]1C(=O)N2C(C(=O)O)=C(S[C@@H]3CN[C@H](CNS(C)(=O)=O)C3)[C@H](C)[C@H]12. The number of hydrogen-bond donors (Lipinski definition) is 4. The van der Waals surface area contributed by atoms with Gasteiger partial charge in [0.2, 0.25) is 15.9 Å². The molecule has 3 heterocycles. The summed E-state index contributed by atoms with van der Waals surface area (Å²) < 4.78 is 50.2. The van der Waals surface area contributed by atoms with Crippen molar-refractivity contribution in [2.24, 2.45) is 11.8 Å². The second kappa shape index (κ2) is 9.23. The number of alkyl halides is 2. The summed E-state index contributed by atoms with van der Waals surface area (Å²) in [5, 5.41) is 15.1. The molecule has 0 saturated carbocycles. The van der Waals surface area contributed by atoms with Crippen LogP contribution in [0.3, 0.4) is 0 Å². The molecule has 0 unspecified atom stereocenters. The zero-order chi connectivity index (χ0) is 24.0.